The molecule has 0 saturated carbocycles. The van der Waals surface area contributed by atoms with Gasteiger partial charge in [-0.15, -0.1) is 0 Å². The van der Waals surface area contributed by atoms with E-state index >= 15 is 0 Å². The van der Waals surface area contributed by atoms with Gasteiger partial charge in [0.15, 0.2) is 21.3 Å². The van der Waals surface area contributed by atoms with Gasteiger partial charge in [0.05, 0.1) is 24.9 Å². The molecular weight excluding hydrogens is 560 g/mol. The van der Waals surface area contributed by atoms with Crippen LogP contribution < -0.4 is 31.0 Å². The molecule has 42 heavy (non-hydrogen) atoms. The number of carbonyl (C=O) groups is 2. The lowest BCUT2D eigenvalue weighted by Crippen LogP contribution is -2.48. The van der Waals surface area contributed by atoms with Crippen molar-refractivity contribution in [2.45, 2.75) is 30.8 Å². The van der Waals surface area contributed by atoms with Gasteiger partial charge in [0.25, 0.3) is 5.91 Å². The largest absolute Gasteiger partial charge is 0.493 e. The molecule has 0 spiro atoms. The van der Waals surface area contributed by atoms with Gasteiger partial charge in [-0.3, -0.25) is 9.59 Å². The minimum atomic E-state index is -3.77. The summed E-state index contributed by atoms with van der Waals surface area (Å²) in [5.74, 6) is -0.155. The zero-order valence-electron chi connectivity index (χ0n) is 23.6. The van der Waals surface area contributed by atoms with Gasteiger partial charge in [-0.2, -0.15) is 0 Å². The topological polar surface area (TPSA) is 173 Å². The number of nitrogens with zero attached hydrogens (tertiary/aromatic N) is 1. The fourth-order valence-corrected chi connectivity index (χ4v) is 5.85. The number of aromatic nitrogens is 1. The van der Waals surface area contributed by atoms with E-state index in [0.29, 0.717) is 33.8 Å². The number of benzene rings is 3. The SMILES string of the molecule is CCS(=O)(=O)c1ccc(NC(C)=O)cc1CC(Oc1ccc2c(N)nccc2c1)(C(N)=O)c1ccc(OC)c(OC)c1. The number of rotatable bonds is 11. The minimum Gasteiger partial charge on any atom is -0.493 e. The Morgan fingerprint density at radius 3 is 2.36 bits per heavy atom. The molecule has 4 rings (SSSR count). The molecule has 1 heterocycles. The third-order valence-electron chi connectivity index (χ3n) is 6.84. The number of methoxy groups -OCH3 is 2. The Bertz CT molecular complexity index is 1780. The molecule has 2 amide bonds. The van der Waals surface area contributed by atoms with Gasteiger partial charge < -0.3 is 31.0 Å². The average molecular weight is 593 g/mol. The molecule has 0 radical (unpaired) electrons. The summed E-state index contributed by atoms with van der Waals surface area (Å²) in [4.78, 5) is 29.5. The van der Waals surface area contributed by atoms with Gasteiger partial charge in [0, 0.05) is 36.2 Å². The van der Waals surface area contributed by atoms with Gasteiger partial charge in [0.2, 0.25) is 11.5 Å². The van der Waals surface area contributed by atoms with Crippen LogP contribution in [-0.2, 0) is 31.4 Å². The lowest BCUT2D eigenvalue weighted by atomic mass is 9.85. The summed E-state index contributed by atoms with van der Waals surface area (Å²) in [5.41, 5.74) is 11.0. The highest BCUT2D eigenvalue weighted by atomic mass is 32.2. The van der Waals surface area contributed by atoms with Crippen LogP contribution in [0.5, 0.6) is 17.2 Å². The van der Waals surface area contributed by atoms with E-state index in [1.165, 1.54) is 46.3 Å². The predicted octanol–water partition coefficient (Wildman–Crippen LogP) is 3.59. The first kappa shape index (κ1) is 30.1. The Hall–Kier alpha value is -4.84. The number of pyridine rings is 1. The monoisotopic (exact) mass is 592 g/mol. The van der Waals surface area contributed by atoms with E-state index in [2.05, 4.69) is 10.3 Å². The van der Waals surface area contributed by atoms with Crippen molar-refractivity contribution < 1.29 is 32.2 Å². The first-order chi connectivity index (χ1) is 19.9. The maximum Gasteiger partial charge on any atom is 0.266 e. The van der Waals surface area contributed by atoms with Crippen LogP contribution in [0, 0.1) is 0 Å². The normalized spacial score (nSPS) is 12.8. The number of hydrogen-bond acceptors (Lipinski definition) is 9. The summed E-state index contributed by atoms with van der Waals surface area (Å²) >= 11 is 0. The van der Waals surface area contributed by atoms with Crippen LogP contribution in [0.15, 0.2) is 71.8 Å². The molecule has 220 valence electrons. The zero-order valence-corrected chi connectivity index (χ0v) is 24.4. The Morgan fingerprint density at radius 1 is 0.976 bits per heavy atom. The Morgan fingerprint density at radius 2 is 1.71 bits per heavy atom. The van der Waals surface area contributed by atoms with Crippen molar-refractivity contribution in [3.8, 4) is 17.2 Å². The highest BCUT2D eigenvalue weighted by Gasteiger charge is 2.43. The van der Waals surface area contributed by atoms with Crippen molar-refractivity contribution in [2.24, 2.45) is 5.73 Å². The smallest absolute Gasteiger partial charge is 0.266 e. The number of amides is 2. The molecule has 1 atom stereocenters. The van der Waals surface area contributed by atoms with Gasteiger partial charge >= 0.3 is 0 Å². The lowest BCUT2D eigenvalue weighted by Gasteiger charge is -2.33. The zero-order chi connectivity index (χ0) is 30.7. The van der Waals surface area contributed by atoms with Crippen LogP contribution in [0.25, 0.3) is 10.8 Å². The molecule has 0 aliphatic rings. The molecule has 4 aromatic rings. The van der Waals surface area contributed by atoms with Crippen LogP contribution in [0.1, 0.15) is 25.0 Å². The first-order valence-electron chi connectivity index (χ1n) is 12.9. The molecule has 0 fully saturated rings. The molecular formula is C30H32N4O7S. The Balaban J connectivity index is 1.99. The molecule has 0 aliphatic carbocycles. The van der Waals surface area contributed by atoms with Gasteiger partial charge in [-0.05, 0) is 65.5 Å². The molecule has 1 unspecified atom stereocenters. The van der Waals surface area contributed by atoms with E-state index < -0.39 is 21.3 Å². The number of sulfone groups is 1. The molecule has 3 aromatic carbocycles. The maximum atomic E-state index is 13.6. The Labute approximate surface area is 243 Å². The second kappa shape index (κ2) is 12.0. The number of carbonyl (C=O) groups excluding carboxylic acids is 2. The van der Waals surface area contributed by atoms with E-state index in [1.807, 2.05) is 0 Å². The van der Waals surface area contributed by atoms with E-state index in [9.17, 15) is 18.0 Å². The molecule has 0 aliphatic heterocycles. The highest BCUT2D eigenvalue weighted by Crippen LogP contribution is 2.39. The second-order valence-electron chi connectivity index (χ2n) is 9.53. The third-order valence-corrected chi connectivity index (χ3v) is 8.67. The fourth-order valence-electron chi connectivity index (χ4n) is 4.73. The summed E-state index contributed by atoms with van der Waals surface area (Å²) < 4.78 is 43.7. The lowest BCUT2D eigenvalue weighted by molar-refractivity contribution is -0.134. The summed E-state index contributed by atoms with van der Waals surface area (Å²) in [6, 6.07) is 15.9. The van der Waals surface area contributed by atoms with E-state index in [1.54, 1.807) is 48.7 Å². The van der Waals surface area contributed by atoms with Crippen LogP contribution in [0.4, 0.5) is 11.5 Å². The first-order valence-corrected chi connectivity index (χ1v) is 14.6. The fraction of sp³-hybridized carbons (Fsp3) is 0.233. The maximum absolute atomic E-state index is 13.6. The highest BCUT2D eigenvalue weighted by molar-refractivity contribution is 7.91. The van der Waals surface area contributed by atoms with Crippen molar-refractivity contribution in [2.75, 3.05) is 31.0 Å². The molecule has 5 N–H and O–H groups in total. The summed E-state index contributed by atoms with van der Waals surface area (Å²) in [6.45, 7) is 2.85. The third kappa shape index (κ3) is 5.93. The average Bonchev–Trinajstić information content (AvgIpc) is 2.96. The number of anilines is 2. The van der Waals surface area contributed by atoms with Crippen molar-refractivity contribution in [3.05, 3.63) is 78.0 Å². The number of primary amides is 1. The molecule has 12 heteroatoms. The van der Waals surface area contributed by atoms with Gasteiger partial charge in [-0.25, -0.2) is 13.4 Å². The van der Waals surface area contributed by atoms with E-state index in [0.717, 1.165) is 0 Å². The van der Waals surface area contributed by atoms with Crippen LogP contribution >= 0.6 is 0 Å². The standard InChI is InChI=1S/C30H32N4O7S/c1-5-42(37,38)27-11-7-22(34-18(2)35)14-20(27)17-30(29(32)36,21-6-10-25(39-3)26(16-21)40-4)41-23-8-9-24-19(15-23)12-13-33-28(24)31/h6-16H,5,17H2,1-4H3,(H2,31,33)(H2,32,36)(H,34,35). The van der Waals surface area contributed by atoms with Gasteiger partial charge in [0.1, 0.15) is 11.6 Å². The number of hydrogen-bond donors (Lipinski definition) is 3. The van der Waals surface area contributed by atoms with Crippen molar-refractivity contribution in [3.63, 3.8) is 0 Å². The summed E-state index contributed by atoms with van der Waals surface area (Å²) in [7, 11) is -0.854. The molecule has 11 nitrogen and oxygen atoms in total. The predicted molar refractivity (Wildman–Crippen MR) is 159 cm³/mol. The van der Waals surface area contributed by atoms with Crippen LogP contribution in [0.3, 0.4) is 0 Å². The summed E-state index contributed by atoms with van der Waals surface area (Å²) in [6.07, 6.45) is 1.24. The second-order valence-corrected chi connectivity index (χ2v) is 11.8. The van der Waals surface area contributed by atoms with Crippen molar-refractivity contribution in [1.29, 1.82) is 0 Å². The van der Waals surface area contributed by atoms with Gasteiger partial charge in [-0.1, -0.05) is 13.0 Å². The number of ether oxygens (including phenoxy) is 3. The number of nitrogen functional groups attached to an aromatic ring is 1. The van der Waals surface area contributed by atoms with Crippen LogP contribution in [0.2, 0.25) is 0 Å². The number of nitrogens with two attached hydrogens (primary N) is 2. The van der Waals surface area contributed by atoms with Crippen LogP contribution in [-0.4, -0.2) is 45.2 Å². The van der Waals surface area contributed by atoms with E-state index in [4.69, 9.17) is 25.7 Å². The molecule has 0 saturated heterocycles. The van der Waals surface area contributed by atoms with Crippen molar-refractivity contribution in [1.82, 2.24) is 4.98 Å². The minimum absolute atomic E-state index is 0.0221. The Kier molecular flexibility index (Phi) is 8.57. The number of fused-ring (bicyclic) bond motifs is 1. The summed E-state index contributed by atoms with van der Waals surface area (Å²) in [5, 5.41) is 4.04. The molecule has 1 aromatic heterocycles. The quantitative estimate of drug-likeness (QED) is 0.235. The van der Waals surface area contributed by atoms with E-state index in [-0.39, 0.29) is 39.9 Å². The molecule has 0 bridgehead atoms. The van der Waals surface area contributed by atoms with Crippen molar-refractivity contribution >= 4 is 43.9 Å². The number of nitrogens with one attached hydrogen (secondary N) is 1.